The fourth-order valence-corrected chi connectivity index (χ4v) is 3.16. The zero-order valence-electron chi connectivity index (χ0n) is 11.9. The lowest BCUT2D eigenvalue weighted by atomic mass is 10.1. The van der Waals surface area contributed by atoms with Crippen molar-refractivity contribution in [2.24, 2.45) is 5.92 Å². The van der Waals surface area contributed by atoms with E-state index in [1.165, 1.54) is 30.3 Å². The number of aryl methyl sites for hydroxylation is 1. The summed E-state index contributed by atoms with van der Waals surface area (Å²) in [4.78, 5) is 4.75. The Morgan fingerprint density at radius 2 is 2.11 bits per heavy atom. The summed E-state index contributed by atoms with van der Waals surface area (Å²) >= 11 is 6.35. The van der Waals surface area contributed by atoms with Gasteiger partial charge in [0.2, 0.25) is 0 Å². The van der Waals surface area contributed by atoms with E-state index in [1.54, 1.807) is 0 Å². The number of hydrogen-bond donors (Lipinski definition) is 0. The molecular weight excluding hydrogens is 256 g/mol. The van der Waals surface area contributed by atoms with E-state index in [4.69, 9.17) is 16.6 Å². The molecule has 2 nitrogen and oxygen atoms in total. The third-order valence-electron chi connectivity index (χ3n) is 4.11. The van der Waals surface area contributed by atoms with Gasteiger partial charge >= 0.3 is 0 Å². The van der Waals surface area contributed by atoms with Crippen molar-refractivity contribution in [2.75, 3.05) is 0 Å². The minimum Gasteiger partial charge on any atom is -0.324 e. The van der Waals surface area contributed by atoms with E-state index in [0.717, 1.165) is 17.3 Å². The molecule has 0 saturated heterocycles. The van der Waals surface area contributed by atoms with Crippen LogP contribution >= 0.6 is 11.6 Å². The average Bonchev–Trinajstić information content (AvgIpc) is 3.06. The highest BCUT2D eigenvalue weighted by Gasteiger charge is 2.27. The molecule has 1 saturated carbocycles. The van der Waals surface area contributed by atoms with Gasteiger partial charge in [0, 0.05) is 6.04 Å². The zero-order chi connectivity index (χ0) is 13.6. The molecule has 0 aliphatic heterocycles. The Labute approximate surface area is 119 Å². The van der Waals surface area contributed by atoms with Crippen LogP contribution in [-0.2, 0) is 0 Å². The predicted octanol–water partition coefficient (Wildman–Crippen LogP) is 5.01. The van der Waals surface area contributed by atoms with E-state index in [9.17, 15) is 0 Å². The van der Waals surface area contributed by atoms with Crippen LogP contribution in [-0.4, -0.2) is 9.55 Å². The average molecular weight is 277 g/mol. The molecule has 1 heterocycles. The van der Waals surface area contributed by atoms with Crippen molar-refractivity contribution in [3.8, 4) is 0 Å². The van der Waals surface area contributed by atoms with E-state index < -0.39 is 0 Å². The first-order valence-corrected chi connectivity index (χ1v) is 7.63. The largest absolute Gasteiger partial charge is 0.324 e. The molecule has 0 radical (unpaired) electrons. The van der Waals surface area contributed by atoms with Gasteiger partial charge in [0.05, 0.1) is 16.4 Å². The topological polar surface area (TPSA) is 17.8 Å². The molecular formula is C16H21ClN2. The summed E-state index contributed by atoms with van der Waals surface area (Å²) in [5, 5.41) is -0.0477. The summed E-state index contributed by atoms with van der Waals surface area (Å²) < 4.78 is 2.38. The summed E-state index contributed by atoms with van der Waals surface area (Å²) in [5.41, 5.74) is 3.62. The number of benzene rings is 1. The summed E-state index contributed by atoms with van der Waals surface area (Å²) in [5.74, 6) is 1.93. The predicted molar refractivity (Wildman–Crippen MR) is 80.8 cm³/mol. The normalized spacial score (nSPS) is 18.7. The molecule has 19 heavy (non-hydrogen) atoms. The van der Waals surface area contributed by atoms with Crippen molar-refractivity contribution in [3.05, 3.63) is 29.6 Å². The van der Waals surface area contributed by atoms with Crippen molar-refractivity contribution in [1.82, 2.24) is 9.55 Å². The minimum atomic E-state index is -0.0477. The molecule has 102 valence electrons. The highest BCUT2D eigenvalue weighted by molar-refractivity contribution is 6.20. The third kappa shape index (κ3) is 2.38. The van der Waals surface area contributed by atoms with Crippen molar-refractivity contribution < 1.29 is 0 Å². The molecule has 0 N–H and O–H groups in total. The van der Waals surface area contributed by atoms with Crippen LogP contribution in [0, 0.1) is 12.8 Å². The fourth-order valence-electron chi connectivity index (χ4n) is 3.01. The second-order valence-electron chi connectivity index (χ2n) is 5.93. The molecule has 0 amide bonds. The van der Waals surface area contributed by atoms with Crippen molar-refractivity contribution >= 4 is 22.6 Å². The SMILES string of the molecule is Cc1cccc2nc(C(C)Cl)n(C(C)CC3CC3)c12. The van der Waals surface area contributed by atoms with E-state index in [2.05, 4.69) is 36.6 Å². The van der Waals surface area contributed by atoms with Crippen LogP contribution in [0.1, 0.15) is 55.9 Å². The zero-order valence-corrected chi connectivity index (χ0v) is 12.6. The molecule has 1 aromatic heterocycles. The van der Waals surface area contributed by atoms with Crippen LogP contribution in [0.25, 0.3) is 11.0 Å². The number of halogens is 1. The quantitative estimate of drug-likeness (QED) is 0.718. The maximum absolute atomic E-state index is 6.35. The Morgan fingerprint density at radius 3 is 2.74 bits per heavy atom. The molecule has 2 aromatic rings. The van der Waals surface area contributed by atoms with Crippen LogP contribution in [0.3, 0.4) is 0 Å². The highest BCUT2D eigenvalue weighted by Crippen LogP contribution is 2.39. The van der Waals surface area contributed by atoms with E-state index in [-0.39, 0.29) is 5.38 Å². The first-order chi connectivity index (χ1) is 9.08. The number of para-hydroxylation sites is 1. The van der Waals surface area contributed by atoms with Gasteiger partial charge in [0.1, 0.15) is 5.82 Å². The summed E-state index contributed by atoms with van der Waals surface area (Å²) in [6, 6.07) is 6.80. The van der Waals surface area contributed by atoms with Gasteiger partial charge in [-0.3, -0.25) is 0 Å². The number of imidazole rings is 1. The van der Waals surface area contributed by atoms with Gasteiger partial charge in [-0.1, -0.05) is 25.0 Å². The number of fused-ring (bicyclic) bond motifs is 1. The van der Waals surface area contributed by atoms with Gasteiger partial charge in [-0.2, -0.15) is 0 Å². The van der Waals surface area contributed by atoms with Crippen LogP contribution in [0.15, 0.2) is 18.2 Å². The van der Waals surface area contributed by atoms with Crippen LogP contribution in [0.4, 0.5) is 0 Å². The highest BCUT2D eigenvalue weighted by atomic mass is 35.5. The summed E-state index contributed by atoms with van der Waals surface area (Å²) in [6.45, 7) is 6.47. The maximum Gasteiger partial charge on any atom is 0.127 e. The van der Waals surface area contributed by atoms with E-state index >= 15 is 0 Å². The second-order valence-corrected chi connectivity index (χ2v) is 6.58. The van der Waals surface area contributed by atoms with Gasteiger partial charge in [0.25, 0.3) is 0 Å². The number of nitrogens with zero attached hydrogens (tertiary/aromatic N) is 2. The Hall–Kier alpha value is -1.02. The molecule has 1 aliphatic carbocycles. The molecule has 3 rings (SSSR count). The molecule has 1 fully saturated rings. The molecule has 0 bridgehead atoms. The van der Waals surface area contributed by atoms with Gasteiger partial charge in [-0.05, 0) is 44.7 Å². The maximum atomic E-state index is 6.35. The summed E-state index contributed by atoms with van der Waals surface area (Å²) in [7, 11) is 0. The Balaban J connectivity index is 2.14. The monoisotopic (exact) mass is 276 g/mol. The van der Waals surface area contributed by atoms with Crippen molar-refractivity contribution in [2.45, 2.75) is 51.5 Å². The van der Waals surface area contributed by atoms with Crippen LogP contribution in [0.2, 0.25) is 0 Å². The lowest BCUT2D eigenvalue weighted by Gasteiger charge is -2.19. The molecule has 1 aromatic carbocycles. The lowest BCUT2D eigenvalue weighted by molar-refractivity contribution is 0.471. The standard InChI is InChI=1S/C16H21ClN2/c1-10-5-4-6-14-15(10)19(16(18-14)12(3)17)11(2)9-13-7-8-13/h4-6,11-13H,7-9H2,1-3H3. The van der Waals surface area contributed by atoms with E-state index in [1.807, 2.05) is 6.92 Å². The smallest absolute Gasteiger partial charge is 0.127 e. The second kappa shape index (κ2) is 4.82. The molecule has 0 spiro atoms. The Kier molecular flexibility index (Phi) is 3.30. The van der Waals surface area contributed by atoms with Gasteiger partial charge in [-0.25, -0.2) is 4.98 Å². The minimum absolute atomic E-state index is 0.0477. The van der Waals surface area contributed by atoms with Gasteiger partial charge < -0.3 is 4.57 Å². The van der Waals surface area contributed by atoms with Crippen LogP contribution in [0.5, 0.6) is 0 Å². The number of aromatic nitrogens is 2. The Morgan fingerprint density at radius 1 is 1.37 bits per heavy atom. The molecule has 1 aliphatic rings. The molecule has 2 atom stereocenters. The fraction of sp³-hybridized carbons (Fsp3) is 0.562. The number of hydrogen-bond acceptors (Lipinski definition) is 1. The number of rotatable bonds is 4. The number of alkyl halides is 1. The summed E-state index contributed by atoms with van der Waals surface area (Å²) in [6.07, 6.45) is 4.03. The third-order valence-corrected chi connectivity index (χ3v) is 4.30. The first kappa shape index (κ1) is 13.0. The van der Waals surface area contributed by atoms with Gasteiger partial charge in [-0.15, -0.1) is 11.6 Å². The van der Waals surface area contributed by atoms with Crippen LogP contribution < -0.4 is 0 Å². The lowest BCUT2D eigenvalue weighted by Crippen LogP contribution is -2.11. The van der Waals surface area contributed by atoms with Crippen molar-refractivity contribution in [1.29, 1.82) is 0 Å². The Bertz CT molecular complexity index is 596. The first-order valence-electron chi connectivity index (χ1n) is 7.19. The molecule has 2 unspecified atom stereocenters. The van der Waals surface area contributed by atoms with Crippen molar-refractivity contribution in [3.63, 3.8) is 0 Å². The van der Waals surface area contributed by atoms with Gasteiger partial charge in [0.15, 0.2) is 0 Å². The van der Waals surface area contributed by atoms with E-state index in [0.29, 0.717) is 6.04 Å². The molecule has 3 heteroatoms.